The normalized spacial score (nSPS) is 34.1. The number of amides is 1. The Hall–Kier alpha value is -2.02. The van der Waals surface area contributed by atoms with Crippen LogP contribution in [0.1, 0.15) is 50.5 Å². The van der Waals surface area contributed by atoms with Crippen LogP contribution in [0.25, 0.3) is 0 Å². The van der Waals surface area contributed by atoms with E-state index < -0.39 is 0 Å². The van der Waals surface area contributed by atoms with Crippen LogP contribution in [-0.2, 0) is 10.2 Å². The number of carbonyl (C=O) groups excluding carboxylic acids is 1. The Kier molecular flexibility index (Phi) is 3.33. The Morgan fingerprint density at radius 2 is 1.83 bits per heavy atom. The van der Waals surface area contributed by atoms with E-state index >= 15 is 0 Å². The summed E-state index contributed by atoms with van der Waals surface area (Å²) in [6.45, 7) is 0. The molecule has 0 radical (unpaired) electrons. The Labute approximate surface area is 136 Å². The second-order valence-electron chi connectivity index (χ2n) is 7.81. The SMILES string of the molecule is N#CCC(=O)Nc1cc(C23CC4CC(CC(C4)C2)C3)ccc1O. The first kappa shape index (κ1) is 14.6. The smallest absolute Gasteiger partial charge is 0.238 e. The van der Waals surface area contributed by atoms with Gasteiger partial charge in [-0.2, -0.15) is 5.26 Å². The quantitative estimate of drug-likeness (QED) is 0.836. The van der Waals surface area contributed by atoms with E-state index in [4.69, 9.17) is 5.26 Å². The highest BCUT2D eigenvalue weighted by atomic mass is 16.3. The number of nitrogens with zero attached hydrogens (tertiary/aromatic N) is 1. The van der Waals surface area contributed by atoms with Crippen molar-refractivity contribution in [2.45, 2.75) is 50.4 Å². The van der Waals surface area contributed by atoms with Gasteiger partial charge in [-0.3, -0.25) is 4.79 Å². The summed E-state index contributed by atoms with van der Waals surface area (Å²) in [4.78, 5) is 11.7. The minimum absolute atomic E-state index is 0.0739. The number of nitrogens with one attached hydrogen (secondary N) is 1. The van der Waals surface area contributed by atoms with Crippen LogP contribution in [0.15, 0.2) is 18.2 Å². The molecule has 1 amide bonds. The molecule has 4 fully saturated rings. The van der Waals surface area contributed by atoms with Crippen molar-refractivity contribution < 1.29 is 9.90 Å². The lowest BCUT2D eigenvalue weighted by Crippen LogP contribution is -2.48. The molecule has 4 heteroatoms. The van der Waals surface area contributed by atoms with Crippen LogP contribution in [-0.4, -0.2) is 11.0 Å². The van der Waals surface area contributed by atoms with Gasteiger partial charge in [0.1, 0.15) is 12.2 Å². The number of hydrogen-bond donors (Lipinski definition) is 2. The van der Waals surface area contributed by atoms with Gasteiger partial charge in [0.2, 0.25) is 5.91 Å². The van der Waals surface area contributed by atoms with E-state index in [9.17, 15) is 9.90 Å². The van der Waals surface area contributed by atoms with Crippen molar-refractivity contribution in [1.29, 1.82) is 5.26 Å². The lowest BCUT2D eigenvalue weighted by atomic mass is 9.48. The molecule has 0 saturated heterocycles. The first-order chi connectivity index (χ1) is 11.1. The molecule has 4 nitrogen and oxygen atoms in total. The Morgan fingerprint density at radius 1 is 1.22 bits per heavy atom. The minimum Gasteiger partial charge on any atom is -0.506 e. The van der Waals surface area contributed by atoms with Gasteiger partial charge in [-0.15, -0.1) is 0 Å². The van der Waals surface area contributed by atoms with Gasteiger partial charge in [0.05, 0.1) is 11.8 Å². The second kappa shape index (κ2) is 5.26. The maximum Gasteiger partial charge on any atom is 0.238 e. The fourth-order valence-electron chi connectivity index (χ4n) is 5.70. The Bertz CT molecular complexity index is 654. The van der Waals surface area contributed by atoms with E-state index in [0.29, 0.717) is 5.69 Å². The molecule has 1 aromatic carbocycles. The minimum atomic E-state index is -0.370. The van der Waals surface area contributed by atoms with Gasteiger partial charge in [0, 0.05) is 0 Å². The fraction of sp³-hybridized carbons (Fsp3) is 0.579. The lowest BCUT2D eigenvalue weighted by molar-refractivity contribution is -0.115. The summed E-state index contributed by atoms with van der Waals surface area (Å²) in [7, 11) is 0. The van der Waals surface area contributed by atoms with Gasteiger partial charge in [-0.05, 0) is 79.4 Å². The summed E-state index contributed by atoms with van der Waals surface area (Å²) in [6, 6.07) is 7.50. The predicted molar refractivity (Wildman–Crippen MR) is 86.8 cm³/mol. The summed E-state index contributed by atoms with van der Waals surface area (Å²) in [6.07, 6.45) is 7.72. The van der Waals surface area contributed by atoms with Crippen molar-refractivity contribution >= 4 is 11.6 Å². The van der Waals surface area contributed by atoms with Crippen LogP contribution in [0, 0.1) is 29.1 Å². The van der Waals surface area contributed by atoms with E-state index in [1.54, 1.807) is 6.07 Å². The van der Waals surface area contributed by atoms with E-state index in [-0.39, 0.29) is 23.5 Å². The van der Waals surface area contributed by atoms with Crippen molar-refractivity contribution in [2.24, 2.45) is 17.8 Å². The second-order valence-corrected chi connectivity index (χ2v) is 7.81. The molecule has 1 aromatic rings. The van der Waals surface area contributed by atoms with Crippen LogP contribution in [0.4, 0.5) is 5.69 Å². The Morgan fingerprint density at radius 3 is 2.39 bits per heavy atom. The monoisotopic (exact) mass is 310 g/mol. The van der Waals surface area contributed by atoms with E-state index in [1.807, 2.05) is 18.2 Å². The average molecular weight is 310 g/mol. The number of carbonyl (C=O) groups is 1. The molecule has 4 saturated carbocycles. The van der Waals surface area contributed by atoms with Crippen LogP contribution in [0.2, 0.25) is 0 Å². The molecular weight excluding hydrogens is 288 g/mol. The van der Waals surface area contributed by atoms with E-state index in [0.717, 1.165) is 17.8 Å². The molecule has 0 heterocycles. The zero-order chi connectivity index (χ0) is 16.0. The molecule has 23 heavy (non-hydrogen) atoms. The van der Waals surface area contributed by atoms with Crippen molar-refractivity contribution in [1.82, 2.24) is 0 Å². The predicted octanol–water partition coefficient (Wildman–Crippen LogP) is 3.71. The highest BCUT2D eigenvalue weighted by Gasteiger charge is 2.51. The van der Waals surface area contributed by atoms with Crippen molar-refractivity contribution in [3.63, 3.8) is 0 Å². The maximum absolute atomic E-state index is 11.7. The number of nitriles is 1. The largest absolute Gasteiger partial charge is 0.506 e. The lowest BCUT2D eigenvalue weighted by Gasteiger charge is -2.57. The summed E-state index contributed by atoms with van der Waals surface area (Å²) in [5, 5.41) is 21.3. The molecule has 4 aliphatic rings. The van der Waals surface area contributed by atoms with Gasteiger partial charge in [0.25, 0.3) is 0 Å². The number of hydrogen-bond acceptors (Lipinski definition) is 3. The standard InChI is InChI=1S/C19H22N2O2/c20-4-3-18(23)21-16-8-15(1-2-17(16)22)19-9-12-5-13(10-19)7-14(6-12)11-19/h1-2,8,12-14,22H,3,5-7,9-11H2,(H,21,23). The fourth-order valence-corrected chi connectivity index (χ4v) is 5.70. The first-order valence-electron chi connectivity index (χ1n) is 8.58. The van der Waals surface area contributed by atoms with Gasteiger partial charge in [-0.25, -0.2) is 0 Å². The zero-order valence-corrected chi connectivity index (χ0v) is 13.2. The summed E-state index contributed by atoms with van der Waals surface area (Å²) in [5.74, 6) is 2.26. The molecule has 0 aromatic heterocycles. The van der Waals surface area contributed by atoms with Crippen LogP contribution < -0.4 is 5.32 Å². The van der Waals surface area contributed by atoms with E-state index in [2.05, 4.69) is 5.32 Å². The number of phenolic OH excluding ortho intramolecular Hbond substituents is 1. The topological polar surface area (TPSA) is 73.1 Å². The summed E-state index contributed by atoms with van der Waals surface area (Å²) < 4.78 is 0. The third kappa shape index (κ3) is 2.49. The molecular formula is C19H22N2O2. The molecule has 0 atom stereocenters. The molecule has 5 rings (SSSR count). The van der Waals surface area contributed by atoms with Gasteiger partial charge < -0.3 is 10.4 Å². The number of anilines is 1. The molecule has 0 aliphatic heterocycles. The summed E-state index contributed by atoms with van der Waals surface area (Å²) in [5.41, 5.74) is 1.93. The van der Waals surface area contributed by atoms with E-state index in [1.165, 1.54) is 44.1 Å². The Balaban J connectivity index is 1.65. The van der Waals surface area contributed by atoms with Crippen LogP contribution in [0.3, 0.4) is 0 Å². The number of phenols is 1. The van der Waals surface area contributed by atoms with Crippen LogP contribution in [0.5, 0.6) is 5.75 Å². The molecule has 4 bridgehead atoms. The van der Waals surface area contributed by atoms with Crippen molar-refractivity contribution in [3.05, 3.63) is 23.8 Å². The molecule has 120 valence electrons. The summed E-state index contributed by atoms with van der Waals surface area (Å²) >= 11 is 0. The average Bonchev–Trinajstić information content (AvgIpc) is 2.48. The van der Waals surface area contributed by atoms with Gasteiger partial charge in [0.15, 0.2) is 0 Å². The van der Waals surface area contributed by atoms with Gasteiger partial charge in [-0.1, -0.05) is 6.07 Å². The first-order valence-corrected chi connectivity index (χ1v) is 8.58. The zero-order valence-electron chi connectivity index (χ0n) is 13.2. The van der Waals surface area contributed by atoms with Gasteiger partial charge >= 0.3 is 0 Å². The highest BCUT2D eigenvalue weighted by molar-refractivity contribution is 5.93. The molecule has 2 N–H and O–H groups in total. The highest BCUT2D eigenvalue weighted by Crippen LogP contribution is 2.61. The number of aromatic hydroxyl groups is 1. The molecule has 4 aliphatic carbocycles. The molecule has 0 spiro atoms. The number of rotatable bonds is 3. The third-order valence-corrected chi connectivity index (χ3v) is 6.16. The number of benzene rings is 1. The van der Waals surface area contributed by atoms with Crippen LogP contribution >= 0.6 is 0 Å². The van der Waals surface area contributed by atoms with Crippen molar-refractivity contribution in [3.8, 4) is 11.8 Å². The van der Waals surface area contributed by atoms with Crippen molar-refractivity contribution in [2.75, 3.05) is 5.32 Å². The maximum atomic E-state index is 11.7. The molecule has 0 unspecified atom stereocenters. The third-order valence-electron chi connectivity index (χ3n) is 6.16.